The topological polar surface area (TPSA) is 70.6 Å². The largest absolute Gasteiger partial charge is 0.331 e. The van der Waals surface area contributed by atoms with Crippen LogP contribution in [-0.2, 0) is 21.2 Å². The molecule has 0 N–H and O–H groups in total. The second-order valence-corrected chi connectivity index (χ2v) is 13.3. The van der Waals surface area contributed by atoms with Gasteiger partial charge in [-0.15, -0.1) is 11.3 Å². The number of hydrogen-bond acceptors (Lipinski definition) is 5. The number of thiophene rings is 1. The number of carbonyl (C=O) groups excluding carboxylic acids is 1. The van der Waals surface area contributed by atoms with Gasteiger partial charge < -0.3 is 4.90 Å². The number of aromatic nitrogens is 1. The second kappa shape index (κ2) is 10.8. The highest BCUT2D eigenvalue weighted by Gasteiger charge is 2.37. The van der Waals surface area contributed by atoms with Crippen molar-refractivity contribution in [2.24, 2.45) is 0 Å². The molecule has 1 amide bonds. The Bertz CT molecular complexity index is 1390. The van der Waals surface area contributed by atoms with Gasteiger partial charge in [-0.05, 0) is 97.5 Å². The summed E-state index contributed by atoms with van der Waals surface area (Å²) in [5, 5.41) is 2.66. The Morgan fingerprint density at radius 1 is 1.11 bits per heavy atom. The predicted octanol–water partition coefficient (Wildman–Crippen LogP) is 5.91. The number of carbonyl (C=O) groups is 1. The van der Waals surface area contributed by atoms with E-state index in [4.69, 9.17) is 11.6 Å². The molecule has 37 heavy (non-hydrogen) atoms. The average molecular weight is 558 g/mol. The molecule has 2 aromatic heterocycles. The van der Waals surface area contributed by atoms with E-state index in [2.05, 4.69) is 16.4 Å². The standard InChI is InChI=1S/C28H32ClN3O3S2/c1-19-18-26(20(2)17-24(19)29)37(34,35)32-14-4-3-5-22(32)6-7-27(33)31-15-10-25-23(11-16-36-25)28(31)21-8-12-30-13-9-21/h8-9,11-13,16-18,22,28H,3-7,10,14-15H2,1-2H3. The molecule has 4 heterocycles. The lowest BCUT2D eigenvalue weighted by atomic mass is 9.93. The van der Waals surface area contributed by atoms with Gasteiger partial charge in [0, 0.05) is 47.8 Å². The van der Waals surface area contributed by atoms with Gasteiger partial charge in [0.15, 0.2) is 0 Å². The predicted molar refractivity (Wildman–Crippen MR) is 148 cm³/mol. The number of amides is 1. The van der Waals surface area contributed by atoms with Crippen molar-refractivity contribution in [1.29, 1.82) is 0 Å². The molecule has 1 fully saturated rings. The Kier molecular flexibility index (Phi) is 7.73. The number of rotatable bonds is 6. The molecule has 2 aliphatic heterocycles. The van der Waals surface area contributed by atoms with Gasteiger partial charge in [0.1, 0.15) is 0 Å². The van der Waals surface area contributed by atoms with Gasteiger partial charge in [0.05, 0.1) is 10.9 Å². The molecule has 1 saturated heterocycles. The van der Waals surface area contributed by atoms with E-state index >= 15 is 0 Å². The quantitative estimate of drug-likeness (QED) is 0.378. The Balaban J connectivity index is 1.36. The van der Waals surface area contributed by atoms with Crippen LogP contribution in [0.3, 0.4) is 0 Å². The second-order valence-electron chi connectivity index (χ2n) is 9.99. The summed E-state index contributed by atoms with van der Waals surface area (Å²) in [6.07, 6.45) is 7.77. The molecule has 2 aliphatic rings. The van der Waals surface area contributed by atoms with Gasteiger partial charge in [0.2, 0.25) is 15.9 Å². The summed E-state index contributed by atoms with van der Waals surface area (Å²) in [6.45, 7) is 4.75. The van der Waals surface area contributed by atoms with E-state index < -0.39 is 10.0 Å². The van der Waals surface area contributed by atoms with Crippen LogP contribution >= 0.6 is 22.9 Å². The molecule has 5 rings (SSSR count). The molecule has 9 heteroatoms. The van der Waals surface area contributed by atoms with E-state index in [1.165, 1.54) is 10.4 Å². The first-order chi connectivity index (χ1) is 17.8. The minimum atomic E-state index is -3.70. The summed E-state index contributed by atoms with van der Waals surface area (Å²) in [7, 11) is -3.70. The van der Waals surface area contributed by atoms with Crippen LogP contribution in [0.4, 0.5) is 0 Å². The SMILES string of the molecule is Cc1cc(S(=O)(=O)N2CCCCC2CCC(=O)N2CCc3sccc3C2c2ccncc2)c(C)cc1Cl. The number of fused-ring (bicyclic) bond motifs is 1. The minimum absolute atomic E-state index is 0.0695. The van der Waals surface area contributed by atoms with Crippen LogP contribution in [0.25, 0.3) is 0 Å². The van der Waals surface area contributed by atoms with Crippen LogP contribution in [0.15, 0.2) is 53.0 Å². The van der Waals surface area contributed by atoms with E-state index in [-0.39, 0.29) is 18.0 Å². The normalized spacial score (nSPS) is 20.6. The van der Waals surface area contributed by atoms with Crippen molar-refractivity contribution in [2.45, 2.75) is 69.4 Å². The minimum Gasteiger partial charge on any atom is -0.331 e. The summed E-state index contributed by atoms with van der Waals surface area (Å²) in [5.41, 5.74) is 3.63. The molecular formula is C28H32ClN3O3S2. The smallest absolute Gasteiger partial charge is 0.243 e. The van der Waals surface area contributed by atoms with Crippen LogP contribution in [0.5, 0.6) is 0 Å². The number of hydrogen-bond donors (Lipinski definition) is 0. The Morgan fingerprint density at radius 3 is 2.68 bits per heavy atom. The number of halogens is 1. The number of sulfonamides is 1. The van der Waals surface area contributed by atoms with Crippen LogP contribution in [-0.4, -0.2) is 47.6 Å². The van der Waals surface area contributed by atoms with Crippen molar-refractivity contribution in [1.82, 2.24) is 14.2 Å². The lowest BCUT2D eigenvalue weighted by Gasteiger charge is -2.38. The monoisotopic (exact) mass is 557 g/mol. The summed E-state index contributed by atoms with van der Waals surface area (Å²) in [6, 6.07) is 9.15. The van der Waals surface area contributed by atoms with E-state index in [9.17, 15) is 13.2 Å². The van der Waals surface area contributed by atoms with Gasteiger partial charge in [-0.3, -0.25) is 9.78 Å². The summed E-state index contributed by atoms with van der Waals surface area (Å²) in [4.78, 5) is 21.4. The Labute approximate surface area is 228 Å². The fourth-order valence-corrected chi connectivity index (χ4v) is 8.80. The van der Waals surface area contributed by atoms with E-state index in [1.807, 2.05) is 24.0 Å². The zero-order valence-electron chi connectivity index (χ0n) is 21.2. The fraction of sp³-hybridized carbons (Fsp3) is 0.429. The molecular weight excluding hydrogens is 526 g/mol. The Morgan fingerprint density at radius 2 is 1.89 bits per heavy atom. The van der Waals surface area contributed by atoms with Crippen LogP contribution in [0.1, 0.15) is 65.3 Å². The van der Waals surface area contributed by atoms with Crippen molar-refractivity contribution in [3.05, 3.63) is 80.3 Å². The zero-order valence-corrected chi connectivity index (χ0v) is 23.6. The molecule has 0 aliphatic carbocycles. The van der Waals surface area contributed by atoms with E-state index in [0.717, 1.165) is 36.8 Å². The summed E-state index contributed by atoms with van der Waals surface area (Å²) in [5.74, 6) is 0.0695. The molecule has 0 saturated carbocycles. The third-order valence-corrected chi connectivity index (χ3v) is 11.1. The summed E-state index contributed by atoms with van der Waals surface area (Å²) < 4.78 is 29.1. The van der Waals surface area contributed by atoms with Crippen molar-refractivity contribution < 1.29 is 13.2 Å². The molecule has 2 atom stereocenters. The first-order valence-corrected chi connectivity index (χ1v) is 15.5. The van der Waals surface area contributed by atoms with Gasteiger partial charge >= 0.3 is 0 Å². The van der Waals surface area contributed by atoms with E-state index in [1.54, 1.807) is 47.1 Å². The number of pyridine rings is 1. The van der Waals surface area contributed by atoms with Crippen molar-refractivity contribution in [3.8, 4) is 0 Å². The highest BCUT2D eigenvalue weighted by Crippen LogP contribution is 2.38. The van der Waals surface area contributed by atoms with Gasteiger partial charge in [-0.1, -0.05) is 18.0 Å². The Hall–Kier alpha value is -2.26. The maximum absolute atomic E-state index is 13.8. The molecule has 6 nitrogen and oxygen atoms in total. The number of aryl methyl sites for hydroxylation is 2. The maximum atomic E-state index is 13.8. The van der Waals surface area contributed by atoms with Crippen molar-refractivity contribution in [2.75, 3.05) is 13.1 Å². The molecule has 0 bridgehead atoms. The first-order valence-electron chi connectivity index (χ1n) is 12.8. The lowest BCUT2D eigenvalue weighted by Crippen LogP contribution is -2.45. The third kappa shape index (κ3) is 5.21. The van der Waals surface area contributed by atoms with Crippen molar-refractivity contribution >= 4 is 38.9 Å². The number of nitrogens with zero attached hydrogens (tertiary/aromatic N) is 3. The number of piperidine rings is 1. The highest BCUT2D eigenvalue weighted by atomic mass is 35.5. The average Bonchev–Trinajstić information content (AvgIpc) is 3.38. The van der Waals surface area contributed by atoms with E-state index in [0.29, 0.717) is 41.4 Å². The summed E-state index contributed by atoms with van der Waals surface area (Å²) >= 11 is 7.98. The molecule has 0 spiro atoms. The molecule has 1 aromatic carbocycles. The lowest BCUT2D eigenvalue weighted by molar-refractivity contribution is -0.133. The van der Waals surface area contributed by atoms with Gasteiger partial charge in [-0.25, -0.2) is 8.42 Å². The third-order valence-electron chi connectivity index (χ3n) is 7.62. The maximum Gasteiger partial charge on any atom is 0.243 e. The van der Waals surface area contributed by atoms with Crippen LogP contribution < -0.4 is 0 Å². The molecule has 0 radical (unpaired) electrons. The molecule has 196 valence electrons. The number of benzene rings is 1. The first kappa shape index (κ1) is 26.4. The zero-order chi connectivity index (χ0) is 26.2. The van der Waals surface area contributed by atoms with Gasteiger partial charge in [0.25, 0.3) is 0 Å². The van der Waals surface area contributed by atoms with Crippen LogP contribution in [0, 0.1) is 13.8 Å². The van der Waals surface area contributed by atoms with Crippen LogP contribution in [0.2, 0.25) is 5.02 Å². The van der Waals surface area contributed by atoms with Gasteiger partial charge in [-0.2, -0.15) is 4.31 Å². The fourth-order valence-electron chi connectivity index (χ4n) is 5.66. The molecule has 3 aromatic rings. The molecule has 2 unspecified atom stereocenters. The highest BCUT2D eigenvalue weighted by molar-refractivity contribution is 7.89. The van der Waals surface area contributed by atoms with Crippen molar-refractivity contribution in [3.63, 3.8) is 0 Å².